The molecule has 1 fully saturated rings. The number of halogens is 1. The molecule has 30 heavy (non-hydrogen) atoms. The number of nitrogens with zero attached hydrogens (tertiary/aromatic N) is 1. The van der Waals surface area contributed by atoms with Crippen molar-refractivity contribution >= 4 is 36.1 Å². The number of ether oxygens (including phenoxy) is 1. The molecule has 160 valence electrons. The molecule has 1 heterocycles. The normalized spacial score (nSPS) is 18.8. The molecule has 0 radical (unpaired) electrons. The lowest BCUT2D eigenvalue weighted by Crippen LogP contribution is -2.64. The molecular formula is C23H28BrNO4Si. The second kappa shape index (κ2) is 9.45. The van der Waals surface area contributed by atoms with Crippen molar-refractivity contribution < 1.29 is 18.8 Å². The van der Waals surface area contributed by atoms with E-state index in [1.165, 1.54) is 4.90 Å². The summed E-state index contributed by atoms with van der Waals surface area (Å²) >= 11 is 3.38. The zero-order valence-corrected chi connectivity index (χ0v) is 20.4. The van der Waals surface area contributed by atoms with Gasteiger partial charge in [-0.3, -0.25) is 14.5 Å². The van der Waals surface area contributed by atoms with Gasteiger partial charge in [0.2, 0.25) is 0 Å². The van der Waals surface area contributed by atoms with E-state index in [0.717, 1.165) is 33.9 Å². The summed E-state index contributed by atoms with van der Waals surface area (Å²) < 4.78 is 12.7. The predicted molar refractivity (Wildman–Crippen MR) is 123 cm³/mol. The SMILES string of the molecule is CC[Si](CC)(CC)O[C@H]1C(=O)N(C(=O)c2ccc(Br)cc2)[C@H]1c1ccc(OC)cc1. The Hall–Kier alpha value is -1.96. The van der Waals surface area contributed by atoms with E-state index in [1.54, 1.807) is 31.4 Å². The third kappa shape index (κ3) is 4.24. The highest BCUT2D eigenvalue weighted by atomic mass is 79.9. The fourth-order valence-corrected chi connectivity index (χ4v) is 6.96. The molecule has 1 aliphatic rings. The van der Waals surface area contributed by atoms with Crippen LogP contribution in [0.3, 0.4) is 0 Å². The second-order valence-corrected chi connectivity index (χ2v) is 13.2. The van der Waals surface area contributed by atoms with Gasteiger partial charge < -0.3 is 9.16 Å². The van der Waals surface area contributed by atoms with Crippen molar-refractivity contribution in [1.82, 2.24) is 4.90 Å². The van der Waals surface area contributed by atoms with Crippen molar-refractivity contribution in [3.05, 3.63) is 64.1 Å². The Morgan fingerprint density at radius 3 is 2.07 bits per heavy atom. The molecule has 7 heteroatoms. The van der Waals surface area contributed by atoms with E-state index < -0.39 is 20.5 Å². The molecule has 2 aromatic carbocycles. The number of likely N-dealkylation sites (tertiary alicyclic amines) is 1. The number of rotatable bonds is 8. The number of hydrogen-bond acceptors (Lipinski definition) is 4. The first kappa shape index (κ1) is 22.7. The number of amides is 2. The van der Waals surface area contributed by atoms with Crippen LogP contribution in [0, 0.1) is 0 Å². The average molecular weight is 490 g/mol. The zero-order valence-electron chi connectivity index (χ0n) is 17.9. The van der Waals surface area contributed by atoms with Gasteiger partial charge in [-0.2, -0.15) is 0 Å². The van der Waals surface area contributed by atoms with Gasteiger partial charge in [-0.05, 0) is 60.1 Å². The molecule has 0 saturated carbocycles. The number of methoxy groups -OCH3 is 1. The molecule has 0 bridgehead atoms. The predicted octanol–water partition coefficient (Wildman–Crippen LogP) is 5.57. The lowest BCUT2D eigenvalue weighted by Gasteiger charge is -2.48. The highest BCUT2D eigenvalue weighted by Crippen LogP contribution is 2.41. The third-order valence-electron chi connectivity index (χ3n) is 6.12. The largest absolute Gasteiger partial charge is 0.497 e. The van der Waals surface area contributed by atoms with Crippen molar-refractivity contribution in [3.8, 4) is 5.75 Å². The van der Waals surface area contributed by atoms with Crippen molar-refractivity contribution in [2.75, 3.05) is 7.11 Å². The first-order valence-electron chi connectivity index (χ1n) is 10.3. The smallest absolute Gasteiger partial charge is 0.261 e. The summed E-state index contributed by atoms with van der Waals surface area (Å²) in [5.41, 5.74) is 1.35. The molecule has 5 nitrogen and oxygen atoms in total. The summed E-state index contributed by atoms with van der Waals surface area (Å²) in [6.45, 7) is 6.40. The van der Waals surface area contributed by atoms with E-state index in [9.17, 15) is 9.59 Å². The number of imide groups is 1. The topological polar surface area (TPSA) is 55.8 Å². The van der Waals surface area contributed by atoms with Gasteiger partial charge in [-0.15, -0.1) is 0 Å². The highest BCUT2D eigenvalue weighted by molar-refractivity contribution is 9.10. The molecule has 0 unspecified atom stereocenters. The molecule has 2 aromatic rings. The Bertz CT molecular complexity index is 888. The van der Waals surface area contributed by atoms with E-state index in [-0.39, 0.29) is 11.8 Å². The van der Waals surface area contributed by atoms with Gasteiger partial charge >= 0.3 is 0 Å². The standard InChI is InChI=1S/C23H28BrNO4Si/c1-5-30(6-2,7-3)29-21-20(16-10-14-19(28-4)15-11-16)25(23(21)27)22(26)17-8-12-18(24)13-9-17/h8-15,20-21H,5-7H2,1-4H3/t20-,21+/m0/s1. The van der Waals surface area contributed by atoms with Gasteiger partial charge in [0.1, 0.15) is 5.75 Å². The molecule has 3 rings (SSSR count). The number of benzene rings is 2. The minimum atomic E-state index is -2.03. The van der Waals surface area contributed by atoms with Crippen LogP contribution in [0.4, 0.5) is 0 Å². The van der Waals surface area contributed by atoms with Crippen LogP contribution in [0.2, 0.25) is 18.1 Å². The van der Waals surface area contributed by atoms with Gasteiger partial charge in [0.15, 0.2) is 14.4 Å². The highest BCUT2D eigenvalue weighted by Gasteiger charge is 2.54. The Balaban J connectivity index is 1.96. The monoisotopic (exact) mass is 489 g/mol. The van der Waals surface area contributed by atoms with Gasteiger partial charge in [0.25, 0.3) is 11.8 Å². The Morgan fingerprint density at radius 1 is 1.00 bits per heavy atom. The van der Waals surface area contributed by atoms with Gasteiger partial charge in [0.05, 0.1) is 13.2 Å². The minimum absolute atomic E-state index is 0.254. The number of carbonyl (C=O) groups excluding carboxylic acids is 2. The summed E-state index contributed by atoms with van der Waals surface area (Å²) in [6, 6.07) is 17.0. The van der Waals surface area contributed by atoms with Crippen molar-refractivity contribution in [3.63, 3.8) is 0 Å². The Kier molecular flexibility index (Phi) is 7.16. The van der Waals surface area contributed by atoms with Crippen molar-refractivity contribution in [1.29, 1.82) is 0 Å². The fraction of sp³-hybridized carbons (Fsp3) is 0.391. The van der Waals surface area contributed by atoms with E-state index >= 15 is 0 Å². The molecule has 1 aliphatic heterocycles. The van der Waals surface area contributed by atoms with Crippen LogP contribution in [0.1, 0.15) is 42.7 Å². The maximum atomic E-state index is 13.2. The van der Waals surface area contributed by atoms with Crippen LogP contribution >= 0.6 is 15.9 Å². The van der Waals surface area contributed by atoms with Crippen molar-refractivity contribution in [2.45, 2.75) is 51.0 Å². The fourth-order valence-electron chi connectivity index (χ4n) is 3.93. The third-order valence-corrected chi connectivity index (χ3v) is 11.3. The van der Waals surface area contributed by atoms with E-state index in [4.69, 9.17) is 9.16 Å². The molecule has 0 N–H and O–H groups in total. The molecule has 1 saturated heterocycles. The summed E-state index contributed by atoms with van der Waals surface area (Å²) in [6.07, 6.45) is -0.621. The van der Waals surface area contributed by atoms with Crippen LogP contribution in [-0.4, -0.2) is 38.2 Å². The number of β-lactam (4-membered cyclic amide) rings is 1. The summed E-state index contributed by atoms with van der Waals surface area (Å²) in [5.74, 6) is 0.174. The molecule has 0 aliphatic carbocycles. The van der Waals surface area contributed by atoms with Gasteiger partial charge in [-0.25, -0.2) is 0 Å². The molecule has 0 aromatic heterocycles. The van der Waals surface area contributed by atoms with Crippen LogP contribution in [0.25, 0.3) is 0 Å². The molecular weight excluding hydrogens is 462 g/mol. The second-order valence-electron chi connectivity index (χ2n) is 7.52. The number of hydrogen-bond donors (Lipinski definition) is 0. The van der Waals surface area contributed by atoms with Crippen LogP contribution in [0.15, 0.2) is 53.0 Å². The average Bonchev–Trinajstić information content (AvgIpc) is 2.79. The van der Waals surface area contributed by atoms with Crippen molar-refractivity contribution in [2.24, 2.45) is 0 Å². The van der Waals surface area contributed by atoms with E-state index in [0.29, 0.717) is 5.56 Å². The van der Waals surface area contributed by atoms with Gasteiger partial charge in [0, 0.05) is 10.0 Å². The quantitative estimate of drug-likeness (QED) is 0.276. The first-order chi connectivity index (χ1) is 14.4. The molecule has 0 spiro atoms. The summed E-state index contributed by atoms with van der Waals surface area (Å²) in [5, 5.41) is 0. The minimum Gasteiger partial charge on any atom is -0.497 e. The number of carbonyl (C=O) groups is 2. The molecule has 2 amide bonds. The summed E-state index contributed by atoms with van der Waals surface area (Å²) in [4.78, 5) is 27.7. The molecule has 2 atom stereocenters. The van der Waals surface area contributed by atoms with E-state index in [1.807, 2.05) is 24.3 Å². The maximum Gasteiger partial charge on any atom is 0.261 e. The first-order valence-corrected chi connectivity index (χ1v) is 13.7. The van der Waals surface area contributed by atoms with E-state index in [2.05, 4.69) is 36.7 Å². The van der Waals surface area contributed by atoms with Crippen LogP contribution in [-0.2, 0) is 9.22 Å². The Morgan fingerprint density at radius 2 is 1.57 bits per heavy atom. The lowest BCUT2D eigenvalue weighted by atomic mass is 9.90. The summed E-state index contributed by atoms with van der Waals surface area (Å²) in [7, 11) is -0.413. The van der Waals surface area contributed by atoms with Gasteiger partial charge in [-0.1, -0.05) is 48.8 Å². The maximum absolute atomic E-state index is 13.2. The Labute approximate surface area is 187 Å². The van der Waals surface area contributed by atoms with Crippen LogP contribution < -0.4 is 4.74 Å². The van der Waals surface area contributed by atoms with Crippen LogP contribution in [0.5, 0.6) is 5.75 Å². The lowest BCUT2D eigenvalue weighted by molar-refractivity contribution is -0.158. The zero-order chi connectivity index (χ0) is 21.9.